The van der Waals surface area contributed by atoms with Crippen LogP contribution in [0.1, 0.15) is 37.8 Å². The lowest BCUT2D eigenvalue weighted by Crippen LogP contribution is -1.90. The number of allylic oxidation sites excluding steroid dienone is 1. The summed E-state index contributed by atoms with van der Waals surface area (Å²) in [6, 6.07) is 8.92. The van der Waals surface area contributed by atoms with Crippen LogP contribution in [0.5, 0.6) is 0 Å². The van der Waals surface area contributed by atoms with Gasteiger partial charge in [0.2, 0.25) is 0 Å². The number of unbranched alkanes of at least 4 members (excludes halogenated alkanes) is 1. The van der Waals surface area contributed by atoms with Gasteiger partial charge in [-0.05, 0) is 42.9 Å². The van der Waals surface area contributed by atoms with Gasteiger partial charge in [-0.2, -0.15) is 0 Å². The van der Waals surface area contributed by atoms with Gasteiger partial charge >= 0.3 is 0 Å². The van der Waals surface area contributed by atoms with E-state index in [1.54, 1.807) is 7.11 Å². The molecule has 0 unspecified atom stereocenters. The number of aryl methyl sites for hydroxylation is 1. The van der Waals surface area contributed by atoms with E-state index in [2.05, 4.69) is 38.1 Å². The highest BCUT2D eigenvalue weighted by Crippen LogP contribution is 2.11. The summed E-state index contributed by atoms with van der Waals surface area (Å²) in [5.41, 5.74) is 4.05. The highest BCUT2D eigenvalue weighted by atomic mass is 16.5. The fraction of sp³-hybridized carbons (Fsp3) is 0.467. The van der Waals surface area contributed by atoms with Gasteiger partial charge in [0.25, 0.3) is 0 Å². The average Bonchev–Trinajstić information content (AvgIpc) is 2.28. The Balaban J connectivity index is 2.54. The third-order valence-electron chi connectivity index (χ3n) is 2.64. The molecule has 0 fully saturated rings. The molecule has 0 aromatic heterocycles. The van der Waals surface area contributed by atoms with Crippen LogP contribution in [0.25, 0.3) is 0 Å². The third kappa shape index (κ3) is 4.52. The van der Waals surface area contributed by atoms with Crippen molar-refractivity contribution in [3.8, 4) is 0 Å². The lowest BCUT2D eigenvalue weighted by molar-refractivity contribution is 0.333. The Labute approximate surface area is 99.1 Å². The van der Waals surface area contributed by atoms with Crippen LogP contribution in [0.3, 0.4) is 0 Å². The van der Waals surface area contributed by atoms with Crippen LogP contribution in [0.15, 0.2) is 36.1 Å². The average molecular weight is 218 g/mol. The monoisotopic (exact) mass is 218 g/mol. The SMILES string of the molecule is CCCCc1ccc(CC(C)=COC)cc1. The number of hydrogen-bond acceptors (Lipinski definition) is 1. The Bertz CT molecular complexity index is 322. The Kier molecular flexibility index (Phi) is 5.69. The molecular weight excluding hydrogens is 196 g/mol. The zero-order valence-electron chi connectivity index (χ0n) is 10.6. The molecule has 0 saturated heterocycles. The zero-order valence-corrected chi connectivity index (χ0v) is 10.6. The van der Waals surface area contributed by atoms with Crippen molar-refractivity contribution >= 4 is 0 Å². The Morgan fingerprint density at radius 2 is 1.81 bits per heavy atom. The first-order valence-electron chi connectivity index (χ1n) is 6.02. The number of methoxy groups -OCH3 is 1. The van der Waals surface area contributed by atoms with E-state index in [9.17, 15) is 0 Å². The van der Waals surface area contributed by atoms with Crippen LogP contribution in [0, 0.1) is 0 Å². The minimum Gasteiger partial charge on any atom is -0.504 e. The van der Waals surface area contributed by atoms with E-state index in [1.807, 2.05) is 6.26 Å². The maximum Gasteiger partial charge on any atom is 0.0817 e. The summed E-state index contributed by atoms with van der Waals surface area (Å²) in [4.78, 5) is 0. The van der Waals surface area contributed by atoms with Crippen LogP contribution < -0.4 is 0 Å². The summed E-state index contributed by atoms with van der Waals surface area (Å²) >= 11 is 0. The molecule has 0 bridgehead atoms. The van der Waals surface area contributed by atoms with Crippen molar-refractivity contribution in [3.05, 3.63) is 47.2 Å². The summed E-state index contributed by atoms with van der Waals surface area (Å²) in [6.07, 6.45) is 6.52. The predicted molar refractivity (Wildman–Crippen MR) is 69.5 cm³/mol. The fourth-order valence-electron chi connectivity index (χ4n) is 1.77. The van der Waals surface area contributed by atoms with Crippen LogP contribution in [-0.2, 0) is 17.6 Å². The molecule has 0 aliphatic rings. The van der Waals surface area contributed by atoms with E-state index in [0.29, 0.717) is 0 Å². The smallest absolute Gasteiger partial charge is 0.0817 e. The van der Waals surface area contributed by atoms with Crippen LogP contribution in [0.2, 0.25) is 0 Å². The molecule has 0 saturated carbocycles. The lowest BCUT2D eigenvalue weighted by Gasteiger charge is -2.04. The number of hydrogen-bond donors (Lipinski definition) is 0. The third-order valence-corrected chi connectivity index (χ3v) is 2.64. The van der Waals surface area contributed by atoms with E-state index in [0.717, 1.165) is 6.42 Å². The summed E-state index contributed by atoms with van der Waals surface area (Å²) in [6.45, 7) is 4.32. The van der Waals surface area contributed by atoms with E-state index in [1.165, 1.54) is 36.0 Å². The molecule has 0 N–H and O–H groups in total. The number of rotatable bonds is 6. The minimum atomic E-state index is 0.974. The molecule has 0 atom stereocenters. The van der Waals surface area contributed by atoms with Gasteiger partial charge in [0.15, 0.2) is 0 Å². The maximum absolute atomic E-state index is 4.99. The number of ether oxygens (including phenoxy) is 1. The van der Waals surface area contributed by atoms with Gasteiger partial charge in [0, 0.05) is 0 Å². The molecule has 1 rings (SSSR count). The van der Waals surface area contributed by atoms with Crippen LogP contribution >= 0.6 is 0 Å². The molecular formula is C15H22O. The predicted octanol–water partition coefficient (Wildman–Crippen LogP) is 4.12. The molecule has 0 aliphatic heterocycles. The molecule has 1 aromatic rings. The van der Waals surface area contributed by atoms with E-state index in [-0.39, 0.29) is 0 Å². The van der Waals surface area contributed by atoms with Crippen molar-refractivity contribution in [1.29, 1.82) is 0 Å². The molecule has 0 radical (unpaired) electrons. The zero-order chi connectivity index (χ0) is 11.8. The molecule has 88 valence electrons. The van der Waals surface area contributed by atoms with Gasteiger partial charge in [-0.15, -0.1) is 0 Å². The van der Waals surface area contributed by atoms with Crippen LogP contribution in [-0.4, -0.2) is 7.11 Å². The quantitative estimate of drug-likeness (QED) is 0.653. The molecule has 0 heterocycles. The molecule has 1 heteroatoms. The molecule has 1 nitrogen and oxygen atoms in total. The first kappa shape index (κ1) is 12.8. The summed E-state index contributed by atoms with van der Waals surface area (Å²) in [7, 11) is 1.69. The first-order valence-corrected chi connectivity index (χ1v) is 6.02. The molecule has 0 amide bonds. The van der Waals surface area contributed by atoms with Gasteiger partial charge in [-0.3, -0.25) is 0 Å². The maximum atomic E-state index is 4.99. The highest BCUT2D eigenvalue weighted by molar-refractivity contribution is 5.25. The molecule has 0 aliphatic carbocycles. The fourth-order valence-corrected chi connectivity index (χ4v) is 1.77. The van der Waals surface area contributed by atoms with Crippen molar-refractivity contribution in [3.63, 3.8) is 0 Å². The second-order valence-corrected chi connectivity index (χ2v) is 4.30. The molecule has 16 heavy (non-hydrogen) atoms. The van der Waals surface area contributed by atoms with E-state index < -0.39 is 0 Å². The Hall–Kier alpha value is -1.24. The van der Waals surface area contributed by atoms with E-state index >= 15 is 0 Å². The van der Waals surface area contributed by atoms with Gasteiger partial charge in [-0.1, -0.05) is 37.6 Å². The van der Waals surface area contributed by atoms with Crippen LogP contribution in [0.4, 0.5) is 0 Å². The van der Waals surface area contributed by atoms with Crippen molar-refractivity contribution in [2.45, 2.75) is 39.5 Å². The summed E-state index contributed by atoms with van der Waals surface area (Å²) in [5.74, 6) is 0. The van der Waals surface area contributed by atoms with Gasteiger partial charge in [-0.25, -0.2) is 0 Å². The minimum absolute atomic E-state index is 0.974. The number of benzene rings is 1. The van der Waals surface area contributed by atoms with Crippen molar-refractivity contribution in [2.24, 2.45) is 0 Å². The Morgan fingerprint density at radius 3 is 2.38 bits per heavy atom. The molecule has 1 aromatic carbocycles. The molecule has 0 spiro atoms. The lowest BCUT2D eigenvalue weighted by atomic mass is 10.0. The topological polar surface area (TPSA) is 9.23 Å². The van der Waals surface area contributed by atoms with Gasteiger partial charge < -0.3 is 4.74 Å². The van der Waals surface area contributed by atoms with Gasteiger partial charge in [0.1, 0.15) is 0 Å². The van der Waals surface area contributed by atoms with E-state index in [4.69, 9.17) is 4.74 Å². The standard InChI is InChI=1S/C15H22O/c1-4-5-6-14-7-9-15(10-8-14)11-13(2)12-16-3/h7-10,12H,4-6,11H2,1-3H3. The first-order chi connectivity index (χ1) is 7.76. The summed E-state index contributed by atoms with van der Waals surface area (Å²) in [5, 5.41) is 0. The van der Waals surface area contributed by atoms with Gasteiger partial charge in [0.05, 0.1) is 13.4 Å². The van der Waals surface area contributed by atoms with Crippen molar-refractivity contribution in [1.82, 2.24) is 0 Å². The highest BCUT2D eigenvalue weighted by Gasteiger charge is 1.96. The van der Waals surface area contributed by atoms with Crippen molar-refractivity contribution in [2.75, 3.05) is 7.11 Å². The largest absolute Gasteiger partial charge is 0.504 e. The second-order valence-electron chi connectivity index (χ2n) is 4.30. The van der Waals surface area contributed by atoms with Crippen molar-refractivity contribution < 1.29 is 4.74 Å². The summed E-state index contributed by atoms with van der Waals surface area (Å²) < 4.78 is 4.99. The second kappa shape index (κ2) is 7.10. The normalized spacial score (nSPS) is 11.6. The Morgan fingerprint density at radius 1 is 1.19 bits per heavy atom.